The Hall–Kier alpha value is 0.0500. The third-order valence-corrected chi connectivity index (χ3v) is 4.12. The third-order valence-electron chi connectivity index (χ3n) is 3.06. The monoisotopic (exact) mass is 213 g/mol. The molecule has 1 saturated heterocycles. The molecular weight excluding hydrogens is 190 g/mol. The van der Waals surface area contributed by atoms with E-state index in [-0.39, 0.29) is 0 Å². The molecule has 1 aliphatic heterocycles. The number of hydrogen-bond acceptors (Lipinski definition) is 2. The molecule has 1 nitrogen and oxygen atoms in total. The van der Waals surface area contributed by atoms with Gasteiger partial charge in [-0.15, -0.1) is 0 Å². The van der Waals surface area contributed by atoms with Crippen LogP contribution in [-0.4, -0.2) is 24.1 Å². The normalized spacial score (nSPS) is 26.9. The van der Waals surface area contributed by atoms with E-state index >= 15 is 0 Å². The highest BCUT2D eigenvalue weighted by Crippen LogP contribution is 2.33. The molecule has 0 spiro atoms. The van der Waals surface area contributed by atoms with Gasteiger partial charge in [-0.05, 0) is 37.5 Å². The SMILES string of the molecule is C/C=C/CCNC1CSCCC1(C)C. The second kappa shape index (κ2) is 5.82. The van der Waals surface area contributed by atoms with Crippen molar-refractivity contribution >= 4 is 11.8 Å². The number of rotatable bonds is 4. The summed E-state index contributed by atoms with van der Waals surface area (Å²) in [5.74, 6) is 2.61. The van der Waals surface area contributed by atoms with Crippen LogP contribution in [0.1, 0.15) is 33.6 Å². The smallest absolute Gasteiger partial charge is 0.0209 e. The maximum absolute atomic E-state index is 3.67. The quantitative estimate of drug-likeness (QED) is 0.569. The fourth-order valence-electron chi connectivity index (χ4n) is 1.78. The summed E-state index contributed by atoms with van der Waals surface area (Å²) in [6, 6.07) is 0.700. The highest BCUT2D eigenvalue weighted by atomic mass is 32.2. The van der Waals surface area contributed by atoms with E-state index in [2.05, 4.69) is 50.0 Å². The van der Waals surface area contributed by atoms with E-state index in [1.165, 1.54) is 17.9 Å². The molecule has 1 atom stereocenters. The van der Waals surface area contributed by atoms with Crippen molar-refractivity contribution in [1.29, 1.82) is 0 Å². The fraction of sp³-hybridized carbons (Fsp3) is 0.833. The maximum Gasteiger partial charge on any atom is 0.0209 e. The predicted molar refractivity (Wildman–Crippen MR) is 66.9 cm³/mol. The molecule has 14 heavy (non-hydrogen) atoms. The molecule has 0 aromatic carbocycles. The zero-order valence-electron chi connectivity index (χ0n) is 9.68. The van der Waals surface area contributed by atoms with Crippen molar-refractivity contribution in [3.8, 4) is 0 Å². The molecule has 0 aliphatic carbocycles. The summed E-state index contributed by atoms with van der Waals surface area (Å²) in [5, 5.41) is 3.67. The Balaban J connectivity index is 2.27. The van der Waals surface area contributed by atoms with Crippen molar-refractivity contribution in [3.05, 3.63) is 12.2 Å². The lowest BCUT2D eigenvalue weighted by Gasteiger charge is -2.38. The van der Waals surface area contributed by atoms with Crippen LogP contribution >= 0.6 is 11.8 Å². The number of hydrogen-bond donors (Lipinski definition) is 1. The van der Waals surface area contributed by atoms with Gasteiger partial charge in [-0.3, -0.25) is 0 Å². The Labute approximate surface area is 92.7 Å². The molecule has 1 fully saturated rings. The maximum atomic E-state index is 3.67. The Kier molecular flexibility index (Phi) is 5.04. The van der Waals surface area contributed by atoms with Crippen LogP contribution in [0.25, 0.3) is 0 Å². The van der Waals surface area contributed by atoms with Gasteiger partial charge >= 0.3 is 0 Å². The van der Waals surface area contributed by atoms with Gasteiger partial charge in [0.2, 0.25) is 0 Å². The average Bonchev–Trinajstić information content (AvgIpc) is 2.14. The van der Waals surface area contributed by atoms with Gasteiger partial charge in [-0.1, -0.05) is 26.0 Å². The minimum Gasteiger partial charge on any atom is -0.312 e. The lowest BCUT2D eigenvalue weighted by molar-refractivity contribution is 0.247. The van der Waals surface area contributed by atoms with Crippen LogP contribution in [-0.2, 0) is 0 Å². The van der Waals surface area contributed by atoms with Crippen LogP contribution in [0.5, 0.6) is 0 Å². The molecule has 1 rings (SSSR count). The first-order valence-electron chi connectivity index (χ1n) is 5.59. The van der Waals surface area contributed by atoms with E-state index in [1.54, 1.807) is 0 Å². The van der Waals surface area contributed by atoms with E-state index in [4.69, 9.17) is 0 Å². The van der Waals surface area contributed by atoms with Crippen molar-refractivity contribution < 1.29 is 0 Å². The van der Waals surface area contributed by atoms with Crippen molar-refractivity contribution in [1.82, 2.24) is 5.32 Å². The largest absolute Gasteiger partial charge is 0.312 e. The molecule has 0 radical (unpaired) electrons. The highest BCUT2D eigenvalue weighted by molar-refractivity contribution is 7.99. The second-order valence-electron chi connectivity index (χ2n) is 4.68. The molecule has 82 valence electrons. The molecule has 0 aromatic rings. The first-order valence-corrected chi connectivity index (χ1v) is 6.74. The van der Waals surface area contributed by atoms with Gasteiger partial charge in [0.05, 0.1) is 0 Å². The van der Waals surface area contributed by atoms with E-state index in [0.29, 0.717) is 11.5 Å². The number of nitrogens with one attached hydrogen (secondary N) is 1. The molecule has 2 heteroatoms. The number of thioether (sulfide) groups is 1. The van der Waals surface area contributed by atoms with Gasteiger partial charge in [0.1, 0.15) is 0 Å². The van der Waals surface area contributed by atoms with Crippen LogP contribution in [0, 0.1) is 5.41 Å². The molecule has 0 saturated carbocycles. The first kappa shape index (κ1) is 12.1. The van der Waals surface area contributed by atoms with Gasteiger partial charge in [-0.2, -0.15) is 11.8 Å². The van der Waals surface area contributed by atoms with E-state index in [1.807, 2.05) is 0 Å². The summed E-state index contributed by atoms with van der Waals surface area (Å²) in [7, 11) is 0. The zero-order chi connectivity index (χ0) is 10.4. The van der Waals surface area contributed by atoms with E-state index in [0.717, 1.165) is 13.0 Å². The number of allylic oxidation sites excluding steroid dienone is 1. The fourth-order valence-corrected chi connectivity index (χ4v) is 3.42. The average molecular weight is 213 g/mol. The van der Waals surface area contributed by atoms with Gasteiger partial charge in [0.15, 0.2) is 0 Å². The van der Waals surface area contributed by atoms with Crippen molar-refractivity contribution in [3.63, 3.8) is 0 Å². The summed E-state index contributed by atoms with van der Waals surface area (Å²) in [5.41, 5.74) is 0.487. The summed E-state index contributed by atoms with van der Waals surface area (Å²) >= 11 is 2.09. The Morgan fingerprint density at radius 1 is 1.50 bits per heavy atom. The van der Waals surface area contributed by atoms with Crippen LogP contribution < -0.4 is 5.32 Å². The Bertz CT molecular complexity index is 187. The summed E-state index contributed by atoms with van der Waals surface area (Å²) in [4.78, 5) is 0. The molecule has 0 amide bonds. The van der Waals surface area contributed by atoms with Crippen LogP contribution in [0.2, 0.25) is 0 Å². The molecular formula is C12H23NS. The predicted octanol–water partition coefficient (Wildman–Crippen LogP) is 3.07. The minimum absolute atomic E-state index is 0.487. The standard InChI is InChI=1S/C12H23NS/c1-4-5-6-8-13-11-10-14-9-7-12(11,2)3/h4-5,11,13H,6-10H2,1-3H3/b5-4+. The summed E-state index contributed by atoms with van der Waals surface area (Å²) in [6.45, 7) is 7.99. The lowest BCUT2D eigenvalue weighted by atomic mass is 9.82. The summed E-state index contributed by atoms with van der Waals surface area (Å²) in [6.07, 6.45) is 6.87. The van der Waals surface area contributed by atoms with Gasteiger partial charge in [0, 0.05) is 11.8 Å². The molecule has 1 unspecified atom stereocenters. The highest BCUT2D eigenvalue weighted by Gasteiger charge is 2.31. The molecule has 0 bridgehead atoms. The lowest BCUT2D eigenvalue weighted by Crippen LogP contribution is -2.46. The Morgan fingerprint density at radius 2 is 2.29 bits per heavy atom. The Morgan fingerprint density at radius 3 is 2.93 bits per heavy atom. The van der Waals surface area contributed by atoms with Crippen LogP contribution in [0.3, 0.4) is 0 Å². The van der Waals surface area contributed by atoms with Crippen LogP contribution in [0.15, 0.2) is 12.2 Å². The van der Waals surface area contributed by atoms with Crippen molar-refractivity contribution in [2.24, 2.45) is 5.41 Å². The summed E-state index contributed by atoms with van der Waals surface area (Å²) < 4.78 is 0. The van der Waals surface area contributed by atoms with Gasteiger partial charge in [-0.25, -0.2) is 0 Å². The zero-order valence-corrected chi connectivity index (χ0v) is 10.5. The van der Waals surface area contributed by atoms with E-state index < -0.39 is 0 Å². The van der Waals surface area contributed by atoms with Crippen LogP contribution in [0.4, 0.5) is 0 Å². The molecule has 1 N–H and O–H groups in total. The second-order valence-corrected chi connectivity index (χ2v) is 5.83. The van der Waals surface area contributed by atoms with Gasteiger partial charge in [0.25, 0.3) is 0 Å². The van der Waals surface area contributed by atoms with Gasteiger partial charge < -0.3 is 5.32 Å². The third kappa shape index (κ3) is 3.66. The van der Waals surface area contributed by atoms with Crippen molar-refractivity contribution in [2.75, 3.05) is 18.1 Å². The van der Waals surface area contributed by atoms with Crippen molar-refractivity contribution in [2.45, 2.75) is 39.7 Å². The minimum atomic E-state index is 0.487. The first-order chi connectivity index (χ1) is 6.67. The molecule has 1 heterocycles. The van der Waals surface area contributed by atoms with E-state index in [9.17, 15) is 0 Å². The molecule has 0 aromatic heterocycles. The molecule has 1 aliphatic rings. The topological polar surface area (TPSA) is 12.0 Å².